The number of carboxylic acids is 4. The summed E-state index contributed by atoms with van der Waals surface area (Å²) in [4.78, 5) is 43.3. The fourth-order valence-electron chi connectivity index (χ4n) is 5.05. The maximum absolute atomic E-state index is 14.2. The van der Waals surface area contributed by atoms with Crippen LogP contribution in [0.4, 0.5) is 4.39 Å². The number of carbonyl (C=O) groups is 4. The van der Waals surface area contributed by atoms with Gasteiger partial charge in [0.05, 0.1) is 11.1 Å². The number of hydrogen-bond donors (Lipinski definition) is 4. The standard InChI is InChI=1S/C23H26FN3O.2C4H4O4/c24-20-7-3-8-21-22(20)23(25-28-21)17-9-13-26(14-10-17)11-4-12-27-15-18-5-1-2-6-19(18)16-27;2*5-3(6)1-2-4(7)8/h1-3,5-8,17H,4,9-16H2;2*1-2H,(H,5,6)(H,7,8). The lowest BCUT2D eigenvalue weighted by molar-refractivity contribution is -0.134. The molecule has 0 amide bonds. The Balaban J connectivity index is 0.000000275. The number of benzene rings is 2. The topological polar surface area (TPSA) is 182 Å². The second kappa shape index (κ2) is 16.7. The highest BCUT2D eigenvalue weighted by Crippen LogP contribution is 2.33. The largest absolute Gasteiger partial charge is 0.478 e. The number of rotatable bonds is 9. The van der Waals surface area contributed by atoms with Gasteiger partial charge in [0.2, 0.25) is 0 Å². The molecule has 13 heteroatoms. The van der Waals surface area contributed by atoms with E-state index in [0.29, 0.717) is 41.2 Å². The number of aromatic nitrogens is 1. The summed E-state index contributed by atoms with van der Waals surface area (Å²) in [7, 11) is 0. The molecule has 0 atom stereocenters. The molecule has 2 aliphatic heterocycles. The quantitative estimate of drug-likeness (QED) is 0.256. The molecule has 3 heterocycles. The van der Waals surface area contributed by atoms with Crippen molar-refractivity contribution in [3.63, 3.8) is 0 Å². The van der Waals surface area contributed by atoms with Gasteiger partial charge in [0, 0.05) is 49.9 Å². The Hall–Kier alpha value is -4.88. The smallest absolute Gasteiger partial charge is 0.328 e. The molecule has 5 rings (SSSR count). The van der Waals surface area contributed by atoms with Crippen LogP contribution in [0.15, 0.2) is 71.3 Å². The average Bonchev–Trinajstić information content (AvgIpc) is 3.61. The van der Waals surface area contributed by atoms with E-state index in [0.717, 1.165) is 57.8 Å². The van der Waals surface area contributed by atoms with Gasteiger partial charge in [0.1, 0.15) is 5.82 Å². The van der Waals surface area contributed by atoms with Crippen LogP contribution in [0.25, 0.3) is 11.0 Å². The summed E-state index contributed by atoms with van der Waals surface area (Å²) in [6.45, 7) is 6.55. The molecule has 12 nitrogen and oxygen atoms in total. The highest BCUT2D eigenvalue weighted by Gasteiger charge is 2.26. The summed E-state index contributed by atoms with van der Waals surface area (Å²) in [5.41, 5.74) is 4.33. The van der Waals surface area contributed by atoms with Crippen LogP contribution in [-0.4, -0.2) is 85.4 Å². The molecule has 0 unspecified atom stereocenters. The number of fused-ring (bicyclic) bond motifs is 2. The zero-order chi connectivity index (χ0) is 32.1. The second-order valence-electron chi connectivity index (χ2n) is 10.1. The van der Waals surface area contributed by atoms with Crippen molar-refractivity contribution >= 4 is 34.8 Å². The van der Waals surface area contributed by atoms with Gasteiger partial charge in [-0.15, -0.1) is 0 Å². The number of hydrogen-bond acceptors (Lipinski definition) is 8. The fraction of sp³-hybridized carbons (Fsp3) is 0.323. The third-order valence-electron chi connectivity index (χ3n) is 7.04. The lowest BCUT2D eigenvalue weighted by atomic mass is 9.91. The third-order valence-corrected chi connectivity index (χ3v) is 7.04. The van der Waals surface area contributed by atoms with Crippen molar-refractivity contribution in [2.24, 2.45) is 0 Å². The van der Waals surface area contributed by atoms with E-state index in [4.69, 9.17) is 24.9 Å². The molecule has 44 heavy (non-hydrogen) atoms. The van der Waals surface area contributed by atoms with Crippen molar-refractivity contribution in [2.75, 3.05) is 26.2 Å². The molecule has 0 spiro atoms. The maximum Gasteiger partial charge on any atom is 0.328 e. The highest BCUT2D eigenvalue weighted by atomic mass is 19.1. The predicted octanol–water partition coefficient (Wildman–Crippen LogP) is 3.98. The van der Waals surface area contributed by atoms with Crippen molar-refractivity contribution in [2.45, 2.75) is 38.3 Å². The molecular weight excluding hydrogens is 577 g/mol. The molecule has 1 saturated heterocycles. The van der Waals surface area contributed by atoms with E-state index in [1.807, 2.05) is 0 Å². The van der Waals surface area contributed by atoms with E-state index in [1.54, 1.807) is 12.1 Å². The lowest BCUT2D eigenvalue weighted by Crippen LogP contribution is -2.35. The van der Waals surface area contributed by atoms with Crippen LogP contribution in [0.5, 0.6) is 0 Å². The van der Waals surface area contributed by atoms with Crippen molar-refractivity contribution in [1.82, 2.24) is 15.0 Å². The summed E-state index contributed by atoms with van der Waals surface area (Å²) in [5.74, 6) is -4.95. The zero-order valence-corrected chi connectivity index (χ0v) is 23.8. The van der Waals surface area contributed by atoms with Gasteiger partial charge < -0.3 is 29.8 Å². The molecule has 0 bridgehead atoms. The van der Waals surface area contributed by atoms with Gasteiger partial charge in [-0.1, -0.05) is 35.5 Å². The van der Waals surface area contributed by atoms with Crippen LogP contribution in [0, 0.1) is 5.82 Å². The molecular formula is C31H34FN3O9. The minimum absolute atomic E-state index is 0.220. The Labute approximate surface area is 252 Å². The van der Waals surface area contributed by atoms with Gasteiger partial charge in [0.25, 0.3) is 0 Å². The predicted molar refractivity (Wildman–Crippen MR) is 156 cm³/mol. The second-order valence-corrected chi connectivity index (χ2v) is 10.1. The molecule has 1 aromatic heterocycles. The normalized spacial score (nSPS) is 15.4. The Morgan fingerprint density at radius 2 is 1.27 bits per heavy atom. The van der Waals surface area contributed by atoms with Gasteiger partial charge in [-0.3, -0.25) is 4.90 Å². The average molecular weight is 612 g/mol. The van der Waals surface area contributed by atoms with Gasteiger partial charge in [-0.25, -0.2) is 23.6 Å². The summed E-state index contributed by atoms with van der Waals surface area (Å²) in [6, 6.07) is 13.7. The van der Waals surface area contributed by atoms with E-state index in [1.165, 1.54) is 23.6 Å². The number of aliphatic carboxylic acids is 4. The molecule has 0 aliphatic carbocycles. The third kappa shape index (κ3) is 10.7. The van der Waals surface area contributed by atoms with Crippen molar-refractivity contribution in [3.8, 4) is 0 Å². The highest BCUT2D eigenvalue weighted by molar-refractivity contribution is 5.90. The van der Waals surface area contributed by atoms with E-state index < -0.39 is 23.9 Å². The van der Waals surface area contributed by atoms with E-state index in [-0.39, 0.29) is 5.82 Å². The van der Waals surface area contributed by atoms with Crippen LogP contribution in [0.3, 0.4) is 0 Å². The van der Waals surface area contributed by atoms with Crippen molar-refractivity contribution < 1.29 is 48.5 Å². The summed E-state index contributed by atoms with van der Waals surface area (Å²) in [6.07, 6.45) is 5.46. The Morgan fingerprint density at radius 3 is 1.77 bits per heavy atom. The number of piperidine rings is 1. The first kappa shape index (κ1) is 33.6. The van der Waals surface area contributed by atoms with E-state index in [9.17, 15) is 23.6 Å². The molecule has 3 aromatic rings. The summed E-state index contributed by atoms with van der Waals surface area (Å²) in [5, 5.41) is 36.0. The van der Waals surface area contributed by atoms with Crippen LogP contribution in [0.1, 0.15) is 42.0 Å². The van der Waals surface area contributed by atoms with Gasteiger partial charge >= 0.3 is 23.9 Å². The minimum Gasteiger partial charge on any atom is -0.478 e. The fourth-order valence-corrected chi connectivity index (χ4v) is 5.05. The SMILES string of the molecule is Fc1cccc2onc(C3CCN(CCCN4Cc5ccccc5C4)CC3)c12.O=C(O)C=CC(=O)O.O=C(O)C=CC(=O)O. The first-order chi connectivity index (χ1) is 21.0. The van der Waals surface area contributed by atoms with Crippen LogP contribution >= 0.6 is 0 Å². The molecule has 4 N–H and O–H groups in total. The van der Waals surface area contributed by atoms with Gasteiger partial charge in [-0.05, 0) is 62.2 Å². The molecule has 2 aliphatic rings. The van der Waals surface area contributed by atoms with E-state index in [2.05, 4.69) is 39.2 Å². The van der Waals surface area contributed by atoms with Crippen LogP contribution < -0.4 is 0 Å². The molecule has 0 radical (unpaired) electrons. The first-order valence-electron chi connectivity index (χ1n) is 13.9. The number of nitrogens with zero attached hydrogens (tertiary/aromatic N) is 3. The Kier molecular flexibility index (Phi) is 12.7. The summed E-state index contributed by atoms with van der Waals surface area (Å²) >= 11 is 0. The lowest BCUT2D eigenvalue weighted by Gasteiger charge is -2.31. The molecule has 2 aromatic carbocycles. The molecule has 1 fully saturated rings. The van der Waals surface area contributed by atoms with Crippen LogP contribution in [-0.2, 0) is 32.3 Å². The van der Waals surface area contributed by atoms with Crippen LogP contribution in [0.2, 0.25) is 0 Å². The van der Waals surface area contributed by atoms with E-state index >= 15 is 0 Å². The van der Waals surface area contributed by atoms with Gasteiger partial charge in [-0.2, -0.15) is 0 Å². The number of likely N-dealkylation sites (tertiary alicyclic amines) is 1. The van der Waals surface area contributed by atoms with Gasteiger partial charge in [0.15, 0.2) is 5.58 Å². The van der Waals surface area contributed by atoms with Crippen molar-refractivity contribution in [3.05, 3.63) is 89.4 Å². The maximum atomic E-state index is 14.2. The minimum atomic E-state index is -1.26. The summed E-state index contributed by atoms with van der Waals surface area (Å²) < 4.78 is 19.6. The molecule has 0 saturated carbocycles. The number of halogens is 1. The first-order valence-corrected chi connectivity index (χ1v) is 13.9. The van der Waals surface area contributed by atoms with Crippen molar-refractivity contribution in [1.29, 1.82) is 0 Å². The monoisotopic (exact) mass is 611 g/mol. The molecule has 234 valence electrons. The zero-order valence-electron chi connectivity index (χ0n) is 23.8. The Morgan fingerprint density at radius 1 is 0.773 bits per heavy atom. The number of carboxylic acid groups (broad SMARTS) is 4. The Bertz CT molecular complexity index is 1420.